The maximum absolute atomic E-state index is 12.8. The van der Waals surface area contributed by atoms with Crippen molar-refractivity contribution in [2.75, 3.05) is 31.9 Å². The summed E-state index contributed by atoms with van der Waals surface area (Å²) in [6.07, 6.45) is 0. The lowest BCUT2D eigenvalue weighted by atomic mass is 10.3. The molecule has 1 saturated heterocycles. The zero-order valence-corrected chi connectivity index (χ0v) is 17.3. The first-order valence-corrected chi connectivity index (χ1v) is 10.9. The molecule has 27 heavy (non-hydrogen) atoms. The molecule has 0 radical (unpaired) electrons. The molecule has 1 aliphatic heterocycles. The summed E-state index contributed by atoms with van der Waals surface area (Å²) in [4.78, 5) is 18.4. The first kappa shape index (κ1) is 19.9. The van der Waals surface area contributed by atoms with Gasteiger partial charge in [0, 0.05) is 26.2 Å². The van der Waals surface area contributed by atoms with Crippen molar-refractivity contribution in [2.45, 2.75) is 37.8 Å². The van der Waals surface area contributed by atoms with Gasteiger partial charge in [-0.1, -0.05) is 16.9 Å². The summed E-state index contributed by atoms with van der Waals surface area (Å²) in [5, 5.41) is 4.19. The van der Waals surface area contributed by atoms with E-state index in [-0.39, 0.29) is 35.4 Å². The van der Waals surface area contributed by atoms with Gasteiger partial charge in [0.25, 0.3) is 5.22 Å². The van der Waals surface area contributed by atoms with Crippen molar-refractivity contribution in [3.8, 4) is 0 Å². The monoisotopic (exact) mass is 414 g/mol. The Balaban J connectivity index is 1.57. The number of amides is 1. The average molecular weight is 415 g/mol. The Morgan fingerprint density at radius 2 is 1.74 bits per heavy atom. The van der Waals surface area contributed by atoms with Crippen LogP contribution in [0.2, 0.25) is 0 Å². The van der Waals surface area contributed by atoms with E-state index in [0.29, 0.717) is 24.0 Å². The predicted molar refractivity (Wildman–Crippen MR) is 98.0 cm³/mol. The van der Waals surface area contributed by atoms with Crippen LogP contribution in [-0.2, 0) is 14.8 Å². The van der Waals surface area contributed by atoms with E-state index in [2.05, 4.69) is 10.1 Å². The summed E-state index contributed by atoms with van der Waals surface area (Å²) in [6, 6.07) is 0. The fourth-order valence-electron chi connectivity index (χ4n) is 2.87. The second kappa shape index (κ2) is 7.64. The number of carbonyl (C=O) groups excluding carboxylic acids is 1. The maximum Gasteiger partial charge on any atom is 0.256 e. The third-order valence-corrected chi connectivity index (χ3v) is 7.44. The molecule has 3 rings (SSSR count). The van der Waals surface area contributed by atoms with Crippen molar-refractivity contribution >= 4 is 27.7 Å². The molecule has 0 unspecified atom stereocenters. The molecule has 1 amide bonds. The van der Waals surface area contributed by atoms with Crippen LogP contribution in [0.25, 0.3) is 0 Å². The summed E-state index contributed by atoms with van der Waals surface area (Å²) in [7, 11) is -3.68. The number of hydrogen-bond acceptors (Lipinski definition) is 8. The Hall–Kier alpha value is -1.85. The van der Waals surface area contributed by atoms with Gasteiger partial charge in [0.1, 0.15) is 16.3 Å². The highest BCUT2D eigenvalue weighted by Gasteiger charge is 2.34. The van der Waals surface area contributed by atoms with Gasteiger partial charge in [-0.05, 0) is 27.7 Å². The van der Waals surface area contributed by atoms with Crippen molar-refractivity contribution < 1.29 is 22.2 Å². The van der Waals surface area contributed by atoms with Crippen molar-refractivity contribution in [1.82, 2.24) is 19.3 Å². The number of oxazole rings is 1. The Morgan fingerprint density at radius 1 is 1.07 bits per heavy atom. The van der Waals surface area contributed by atoms with E-state index in [1.54, 1.807) is 18.7 Å². The number of sulfonamides is 1. The van der Waals surface area contributed by atoms with Gasteiger partial charge in [-0.25, -0.2) is 13.4 Å². The van der Waals surface area contributed by atoms with Crippen LogP contribution in [-0.4, -0.2) is 65.6 Å². The van der Waals surface area contributed by atoms with E-state index >= 15 is 0 Å². The largest absolute Gasteiger partial charge is 0.437 e. The minimum atomic E-state index is -3.68. The molecule has 11 heteroatoms. The second-order valence-corrected chi connectivity index (χ2v) is 9.15. The van der Waals surface area contributed by atoms with Gasteiger partial charge in [-0.3, -0.25) is 4.79 Å². The predicted octanol–water partition coefficient (Wildman–Crippen LogP) is 1.52. The SMILES string of the molecule is Cc1nc(SCC(=O)N2CCN(S(=O)(=O)c3c(C)noc3C)CC2)oc1C. The van der Waals surface area contributed by atoms with Crippen LogP contribution < -0.4 is 0 Å². The molecule has 148 valence electrons. The molecule has 0 spiro atoms. The Kier molecular flexibility index (Phi) is 5.63. The summed E-state index contributed by atoms with van der Waals surface area (Å²) < 4.78 is 37.4. The molecule has 0 bridgehead atoms. The number of thioether (sulfide) groups is 1. The Labute approximate surface area is 162 Å². The maximum atomic E-state index is 12.8. The van der Waals surface area contributed by atoms with Crippen molar-refractivity contribution in [3.63, 3.8) is 0 Å². The van der Waals surface area contributed by atoms with E-state index < -0.39 is 10.0 Å². The summed E-state index contributed by atoms with van der Waals surface area (Å²) in [6.45, 7) is 8.01. The molecule has 9 nitrogen and oxygen atoms in total. The molecule has 0 saturated carbocycles. The number of rotatable bonds is 5. The highest BCUT2D eigenvalue weighted by molar-refractivity contribution is 7.99. The molecule has 0 atom stereocenters. The number of piperazine rings is 1. The van der Waals surface area contributed by atoms with Gasteiger partial charge in [0.2, 0.25) is 15.9 Å². The smallest absolute Gasteiger partial charge is 0.256 e. The van der Waals surface area contributed by atoms with Gasteiger partial charge in [-0.2, -0.15) is 4.31 Å². The minimum absolute atomic E-state index is 0.0668. The standard InChI is InChI=1S/C16H22N4O5S2/c1-10-12(3)24-16(17-10)26-9-14(21)19-5-7-20(8-6-19)27(22,23)15-11(2)18-25-13(15)4/h5-9H2,1-4H3. The Bertz CT molecular complexity index is 903. The summed E-state index contributed by atoms with van der Waals surface area (Å²) >= 11 is 1.24. The topological polar surface area (TPSA) is 110 Å². The second-order valence-electron chi connectivity index (χ2n) is 6.35. The van der Waals surface area contributed by atoms with E-state index in [1.165, 1.54) is 16.1 Å². The third-order valence-electron chi connectivity index (χ3n) is 4.49. The molecular weight excluding hydrogens is 392 g/mol. The molecule has 1 fully saturated rings. The van der Waals surface area contributed by atoms with E-state index in [4.69, 9.17) is 8.94 Å². The highest BCUT2D eigenvalue weighted by atomic mass is 32.2. The van der Waals surface area contributed by atoms with Crippen LogP contribution >= 0.6 is 11.8 Å². The van der Waals surface area contributed by atoms with Crippen molar-refractivity contribution in [3.05, 3.63) is 22.9 Å². The number of hydrogen-bond donors (Lipinski definition) is 0. The molecular formula is C16H22N4O5S2. The van der Waals surface area contributed by atoms with Gasteiger partial charge >= 0.3 is 0 Å². The number of aromatic nitrogens is 2. The number of aryl methyl sites for hydroxylation is 4. The normalized spacial score (nSPS) is 16.1. The van der Waals surface area contributed by atoms with Gasteiger partial charge < -0.3 is 13.8 Å². The molecule has 0 aromatic carbocycles. The first-order chi connectivity index (χ1) is 12.7. The number of carbonyl (C=O) groups is 1. The molecule has 0 N–H and O–H groups in total. The van der Waals surface area contributed by atoms with Crippen molar-refractivity contribution in [1.29, 1.82) is 0 Å². The Morgan fingerprint density at radius 3 is 2.26 bits per heavy atom. The van der Waals surface area contributed by atoms with Gasteiger partial charge in [0.15, 0.2) is 5.76 Å². The highest BCUT2D eigenvalue weighted by Crippen LogP contribution is 2.25. The lowest BCUT2D eigenvalue weighted by Crippen LogP contribution is -2.51. The fourth-order valence-corrected chi connectivity index (χ4v) is 5.40. The molecule has 0 aliphatic carbocycles. The van der Waals surface area contributed by atoms with E-state index in [9.17, 15) is 13.2 Å². The van der Waals surface area contributed by atoms with Crippen LogP contribution in [0.4, 0.5) is 0 Å². The van der Waals surface area contributed by atoms with E-state index in [0.717, 1.165) is 11.5 Å². The van der Waals surface area contributed by atoms with Gasteiger partial charge in [0.05, 0.1) is 11.4 Å². The van der Waals surface area contributed by atoms with Gasteiger partial charge in [-0.15, -0.1) is 0 Å². The average Bonchev–Trinajstić information content (AvgIpc) is 3.14. The van der Waals surface area contributed by atoms with Crippen LogP contribution in [0.1, 0.15) is 22.9 Å². The van der Waals surface area contributed by atoms with Crippen LogP contribution in [0, 0.1) is 27.7 Å². The van der Waals surface area contributed by atoms with E-state index in [1.807, 2.05) is 13.8 Å². The molecule has 3 heterocycles. The lowest BCUT2D eigenvalue weighted by molar-refractivity contribution is -0.129. The molecule has 1 aliphatic rings. The zero-order chi connectivity index (χ0) is 19.8. The molecule has 2 aromatic heterocycles. The summed E-state index contributed by atoms with van der Waals surface area (Å²) in [5.41, 5.74) is 1.15. The lowest BCUT2D eigenvalue weighted by Gasteiger charge is -2.33. The molecule has 2 aromatic rings. The summed E-state index contributed by atoms with van der Waals surface area (Å²) in [5.74, 6) is 1.15. The van der Waals surface area contributed by atoms with Crippen LogP contribution in [0.15, 0.2) is 19.1 Å². The van der Waals surface area contributed by atoms with Crippen LogP contribution in [0.3, 0.4) is 0 Å². The minimum Gasteiger partial charge on any atom is -0.437 e. The first-order valence-electron chi connectivity index (χ1n) is 8.47. The quantitative estimate of drug-likeness (QED) is 0.678. The number of nitrogens with zero attached hydrogens (tertiary/aromatic N) is 4. The van der Waals surface area contributed by atoms with Crippen LogP contribution in [0.5, 0.6) is 0 Å². The third kappa shape index (κ3) is 4.04. The fraction of sp³-hybridized carbons (Fsp3) is 0.562. The zero-order valence-electron chi connectivity index (χ0n) is 15.7. The van der Waals surface area contributed by atoms with Crippen molar-refractivity contribution in [2.24, 2.45) is 0 Å².